The van der Waals surface area contributed by atoms with Crippen LogP contribution in [0.3, 0.4) is 0 Å². The van der Waals surface area contributed by atoms with Crippen molar-refractivity contribution < 1.29 is 12.8 Å². The first kappa shape index (κ1) is 18.5. The molecule has 0 bridgehead atoms. The molecule has 0 aliphatic carbocycles. The lowest BCUT2D eigenvalue weighted by Gasteiger charge is -2.28. The minimum Gasteiger partial charge on any atom is -0.317 e. The van der Waals surface area contributed by atoms with Gasteiger partial charge in [-0.2, -0.15) is 4.31 Å². The highest BCUT2D eigenvalue weighted by atomic mass is 32.2. The van der Waals surface area contributed by atoms with Gasteiger partial charge in [-0.3, -0.25) is 0 Å². The van der Waals surface area contributed by atoms with Crippen molar-refractivity contribution in [3.63, 3.8) is 0 Å². The first-order chi connectivity index (χ1) is 13.0. The Morgan fingerprint density at radius 3 is 2.85 bits per heavy atom. The maximum atomic E-state index is 13.3. The number of benzene rings is 1. The first-order valence-electron chi connectivity index (χ1n) is 9.29. The molecule has 6 nitrogen and oxygen atoms in total. The molecule has 0 spiro atoms. The third-order valence-corrected chi connectivity index (χ3v) is 7.05. The zero-order valence-electron chi connectivity index (χ0n) is 15.1. The third kappa shape index (κ3) is 4.17. The third-order valence-electron chi connectivity index (χ3n) is 5.25. The lowest BCUT2D eigenvalue weighted by atomic mass is 9.96. The van der Waals surface area contributed by atoms with Crippen LogP contribution in [0.5, 0.6) is 0 Å². The Hall–Kier alpha value is -1.90. The molecule has 144 valence electrons. The molecule has 0 saturated carbocycles. The van der Waals surface area contributed by atoms with Gasteiger partial charge in [0.25, 0.3) is 0 Å². The SMILES string of the molecule is O=S(=O)(Cc1cccc(F)c1)N1CCc2nc(C3CCNCC3)ncc2C1. The van der Waals surface area contributed by atoms with Crippen molar-refractivity contribution in [3.8, 4) is 0 Å². The fourth-order valence-electron chi connectivity index (χ4n) is 3.75. The van der Waals surface area contributed by atoms with E-state index in [0.29, 0.717) is 24.4 Å². The highest BCUT2D eigenvalue weighted by Gasteiger charge is 2.29. The highest BCUT2D eigenvalue weighted by Crippen LogP contribution is 2.26. The lowest BCUT2D eigenvalue weighted by Crippen LogP contribution is -2.37. The molecule has 0 atom stereocenters. The van der Waals surface area contributed by atoms with Gasteiger partial charge in [0.05, 0.1) is 5.75 Å². The summed E-state index contributed by atoms with van der Waals surface area (Å²) in [6.07, 6.45) is 4.43. The monoisotopic (exact) mass is 390 g/mol. The van der Waals surface area contributed by atoms with E-state index in [1.165, 1.54) is 22.5 Å². The maximum Gasteiger partial charge on any atom is 0.218 e. The van der Waals surface area contributed by atoms with Crippen LogP contribution in [0.4, 0.5) is 4.39 Å². The Bertz CT molecular complexity index is 929. The number of sulfonamides is 1. The van der Waals surface area contributed by atoms with Crippen LogP contribution in [0.15, 0.2) is 30.5 Å². The molecule has 27 heavy (non-hydrogen) atoms. The zero-order chi connectivity index (χ0) is 18.9. The number of rotatable bonds is 4. The zero-order valence-corrected chi connectivity index (χ0v) is 15.9. The summed E-state index contributed by atoms with van der Waals surface area (Å²) in [5, 5.41) is 3.34. The molecule has 8 heteroatoms. The van der Waals surface area contributed by atoms with Crippen LogP contribution in [-0.4, -0.2) is 42.3 Å². The van der Waals surface area contributed by atoms with Gasteiger partial charge in [-0.05, 0) is 43.6 Å². The predicted molar refractivity (Wildman–Crippen MR) is 100 cm³/mol. The van der Waals surface area contributed by atoms with Crippen LogP contribution in [-0.2, 0) is 28.7 Å². The molecule has 2 aliphatic rings. The highest BCUT2D eigenvalue weighted by molar-refractivity contribution is 7.88. The number of nitrogens with zero attached hydrogens (tertiary/aromatic N) is 3. The normalized spacial score (nSPS) is 19.0. The summed E-state index contributed by atoms with van der Waals surface area (Å²) in [7, 11) is -3.52. The number of fused-ring (bicyclic) bond motifs is 1. The van der Waals surface area contributed by atoms with Crippen LogP contribution in [0, 0.1) is 5.82 Å². The van der Waals surface area contributed by atoms with Crippen molar-refractivity contribution in [1.29, 1.82) is 0 Å². The molecule has 2 aromatic rings. The average Bonchev–Trinajstić information content (AvgIpc) is 2.67. The van der Waals surface area contributed by atoms with E-state index < -0.39 is 15.8 Å². The van der Waals surface area contributed by atoms with Gasteiger partial charge >= 0.3 is 0 Å². The van der Waals surface area contributed by atoms with Gasteiger partial charge in [0.15, 0.2) is 0 Å². The Morgan fingerprint density at radius 2 is 2.07 bits per heavy atom. The molecule has 1 aromatic carbocycles. The van der Waals surface area contributed by atoms with E-state index in [0.717, 1.165) is 43.0 Å². The van der Waals surface area contributed by atoms with Gasteiger partial charge in [0, 0.05) is 42.9 Å². The summed E-state index contributed by atoms with van der Waals surface area (Å²) in [6, 6.07) is 5.74. The largest absolute Gasteiger partial charge is 0.317 e. The second kappa shape index (κ2) is 7.61. The second-order valence-electron chi connectivity index (χ2n) is 7.19. The summed E-state index contributed by atoms with van der Waals surface area (Å²) in [5.41, 5.74) is 2.27. The van der Waals surface area contributed by atoms with Crippen LogP contribution in [0.1, 0.15) is 41.4 Å². The van der Waals surface area contributed by atoms with Crippen LogP contribution in [0.25, 0.3) is 0 Å². The molecule has 3 heterocycles. The number of halogens is 1. The number of piperidine rings is 1. The van der Waals surface area contributed by atoms with Crippen molar-refractivity contribution in [1.82, 2.24) is 19.6 Å². The minimum absolute atomic E-state index is 0.200. The van der Waals surface area contributed by atoms with Crippen molar-refractivity contribution in [2.75, 3.05) is 19.6 Å². The van der Waals surface area contributed by atoms with Crippen LogP contribution in [0.2, 0.25) is 0 Å². The van der Waals surface area contributed by atoms with Crippen molar-refractivity contribution in [2.24, 2.45) is 0 Å². The quantitative estimate of drug-likeness (QED) is 0.864. The fourth-order valence-corrected chi connectivity index (χ4v) is 5.24. The molecule has 1 fully saturated rings. The van der Waals surface area contributed by atoms with E-state index in [4.69, 9.17) is 4.98 Å². The molecule has 2 aliphatic heterocycles. The molecule has 1 saturated heterocycles. The van der Waals surface area contributed by atoms with Gasteiger partial charge < -0.3 is 5.32 Å². The minimum atomic E-state index is -3.52. The molecular weight excluding hydrogens is 367 g/mol. The molecule has 1 aromatic heterocycles. The van der Waals surface area contributed by atoms with Crippen molar-refractivity contribution >= 4 is 10.0 Å². The summed E-state index contributed by atoms with van der Waals surface area (Å²) < 4.78 is 40.3. The van der Waals surface area contributed by atoms with Crippen LogP contribution < -0.4 is 5.32 Å². The summed E-state index contributed by atoms with van der Waals surface area (Å²) in [5.74, 6) is 0.636. The molecule has 0 unspecified atom stereocenters. The fraction of sp³-hybridized carbons (Fsp3) is 0.474. The number of hydrogen-bond acceptors (Lipinski definition) is 5. The van der Waals surface area contributed by atoms with Crippen molar-refractivity contribution in [3.05, 3.63) is 58.9 Å². The summed E-state index contributed by atoms with van der Waals surface area (Å²) in [6.45, 7) is 2.64. The Kier molecular flexibility index (Phi) is 5.21. The molecular formula is C19H23FN4O2S. The number of aromatic nitrogens is 2. The van der Waals surface area contributed by atoms with E-state index in [1.54, 1.807) is 12.3 Å². The topological polar surface area (TPSA) is 75.2 Å². The predicted octanol–water partition coefficient (Wildman–Crippen LogP) is 1.97. The number of nitrogens with one attached hydrogen (secondary N) is 1. The number of hydrogen-bond donors (Lipinski definition) is 1. The Balaban J connectivity index is 1.49. The standard InChI is InChI=1S/C19H23FN4O2S/c20-17-3-1-2-14(10-17)13-27(25,26)24-9-6-18-16(12-24)11-22-19(23-18)15-4-7-21-8-5-15/h1-3,10-11,15,21H,4-9,12-13H2. The Morgan fingerprint density at radius 1 is 1.26 bits per heavy atom. The average molecular weight is 390 g/mol. The van der Waals surface area contributed by atoms with E-state index in [-0.39, 0.29) is 12.3 Å². The summed E-state index contributed by atoms with van der Waals surface area (Å²) in [4.78, 5) is 9.26. The molecule has 0 amide bonds. The van der Waals surface area contributed by atoms with E-state index in [2.05, 4.69) is 10.3 Å². The van der Waals surface area contributed by atoms with Crippen molar-refractivity contribution in [2.45, 2.75) is 37.5 Å². The molecule has 4 rings (SSSR count). The first-order valence-corrected chi connectivity index (χ1v) is 10.9. The molecule has 0 radical (unpaired) electrons. The van der Waals surface area contributed by atoms with Gasteiger partial charge in [-0.15, -0.1) is 0 Å². The second-order valence-corrected chi connectivity index (χ2v) is 9.16. The van der Waals surface area contributed by atoms with E-state index in [9.17, 15) is 12.8 Å². The van der Waals surface area contributed by atoms with Crippen LogP contribution >= 0.6 is 0 Å². The molecule has 1 N–H and O–H groups in total. The maximum absolute atomic E-state index is 13.3. The van der Waals surface area contributed by atoms with Gasteiger partial charge in [0.2, 0.25) is 10.0 Å². The van der Waals surface area contributed by atoms with Gasteiger partial charge in [-0.25, -0.2) is 22.8 Å². The van der Waals surface area contributed by atoms with E-state index >= 15 is 0 Å². The lowest BCUT2D eigenvalue weighted by molar-refractivity contribution is 0.382. The Labute approximate surface area is 158 Å². The van der Waals surface area contributed by atoms with Gasteiger partial charge in [-0.1, -0.05) is 12.1 Å². The van der Waals surface area contributed by atoms with E-state index in [1.807, 2.05) is 0 Å². The van der Waals surface area contributed by atoms with Gasteiger partial charge in [0.1, 0.15) is 11.6 Å². The summed E-state index contributed by atoms with van der Waals surface area (Å²) >= 11 is 0. The smallest absolute Gasteiger partial charge is 0.218 e.